The second-order valence-corrected chi connectivity index (χ2v) is 9.68. The molecule has 0 spiro atoms. The Morgan fingerprint density at radius 2 is 1.87 bits per heavy atom. The molecule has 1 aliphatic rings. The maximum Gasteiger partial charge on any atom is 0.271 e. The summed E-state index contributed by atoms with van der Waals surface area (Å²) in [6.45, 7) is 1.29. The van der Waals surface area contributed by atoms with E-state index in [0.717, 1.165) is 25.3 Å². The van der Waals surface area contributed by atoms with Crippen LogP contribution < -0.4 is 4.72 Å². The van der Waals surface area contributed by atoms with Crippen LogP contribution in [0.1, 0.15) is 29.6 Å². The van der Waals surface area contributed by atoms with Gasteiger partial charge in [0.2, 0.25) is 0 Å². The Balaban J connectivity index is 1.95. The summed E-state index contributed by atoms with van der Waals surface area (Å²) in [7, 11) is -4.13. The first-order valence-corrected chi connectivity index (χ1v) is 12.3. The summed E-state index contributed by atoms with van der Waals surface area (Å²) in [4.78, 5) is 25.6. The first kappa shape index (κ1) is 22.4. The largest absolute Gasteiger partial charge is 0.339 e. The van der Waals surface area contributed by atoms with Crippen LogP contribution in [0, 0.1) is 10.1 Å². The number of hydrogen-bond donors (Lipinski definition) is 1. The summed E-state index contributed by atoms with van der Waals surface area (Å²) in [5.41, 5.74) is -0.0862. The van der Waals surface area contributed by atoms with Crippen molar-refractivity contribution in [3.05, 3.63) is 57.1 Å². The van der Waals surface area contributed by atoms with Crippen LogP contribution in [-0.2, 0) is 10.0 Å². The Hall–Kier alpha value is -2.30. The van der Waals surface area contributed by atoms with E-state index in [1.165, 1.54) is 36.0 Å². The molecule has 8 nitrogen and oxygen atoms in total. The van der Waals surface area contributed by atoms with E-state index in [9.17, 15) is 23.3 Å². The predicted octanol–water partition coefficient (Wildman–Crippen LogP) is 4.40. The number of carbonyl (C=O) groups is 1. The van der Waals surface area contributed by atoms with Gasteiger partial charge in [-0.1, -0.05) is 11.6 Å². The van der Waals surface area contributed by atoms with Gasteiger partial charge in [-0.15, -0.1) is 11.8 Å². The topological polar surface area (TPSA) is 110 Å². The molecule has 0 saturated carbocycles. The Morgan fingerprint density at radius 1 is 1.17 bits per heavy atom. The number of likely N-dealkylation sites (tertiary alicyclic amines) is 1. The van der Waals surface area contributed by atoms with Gasteiger partial charge >= 0.3 is 0 Å². The number of carbonyl (C=O) groups excluding carboxylic acids is 1. The Bertz CT molecular complexity index is 1090. The smallest absolute Gasteiger partial charge is 0.271 e. The summed E-state index contributed by atoms with van der Waals surface area (Å²) in [5.74, 6) is -0.204. The quantitative estimate of drug-likeness (QED) is 0.381. The normalized spacial score (nSPS) is 14.4. The summed E-state index contributed by atoms with van der Waals surface area (Å²) < 4.78 is 28.1. The molecule has 1 amide bonds. The third kappa shape index (κ3) is 4.88. The molecular formula is C19H20ClN3O5S2. The van der Waals surface area contributed by atoms with Crippen LogP contribution in [0.15, 0.2) is 46.2 Å². The number of thioether (sulfide) groups is 1. The summed E-state index contributed by atoms with van der Waals surface area (Å²) in [6, 6.07) is 7.81. The first-order valence-electron chi connectivity index (χ1n) is 9.17. The van der Waals surface area contributed by atoms with Crippen LogP contribution >= 0.6 is 23.4 Å². The number of anilines is 1. The van der Waals surface area contributed by atoms with E-state index < -0.39 is 14.9 Å². The van der Waals surface area contributed by atoms with Gasteiger partial charge in [0.05, 0.1) is 26.1 Å². The number of sulfonamides is 1. The summed E-state index contributed by atoms with van der Waals surface area (Å²) >= 11 is 7.37. The van der Waals surface area contributed by atoms with Crippen molar-refractivity contribution in [3.63, 3.8) is 0 Å². The standard InChI is InChI=1S/C19H20ClN3O5S2/c1-29-18-8-6-14(12-15(18)19(24)22-9-3-2-4-10-22)30(27,28)21-17-11-13(23(25)26)5-7-16(17)20/h5-8,11-12,21H,2-4,9-10H2,1H3. The lowest BCUT2D eigenvalue weighted by Gasteiger charge is -2.27. The van der Waals surface area contributed by atoms with Crippen molar-refractivity contribution < 1.29 is 18.1 Å². The van der Waals surface area contributed by atoms with Crippen molar-refractivity contribution in [1.29, 1.82) is 0 Å². The minimum Gasteiger partial charge on any atom is -0.339 e. The van der Waals surface area contributed by atoms with Gasteiger partial charge in [0.15, 0.2) is 0 Å². The Morgan fingerprint density at radius 3 is 2.50 bits per heavy atom. The van der Waals surface area contributed by atoms with E-state index in [4.69, 9.17) is 11.6 Å². The number of nitro benzene ring substituents is 1. The molecule has 30 heavy (non-hydrogen) atoms. The number of rotatable bonds is 6. The lowest BCUT2D eigenvalue weighted by molar-refractivity contribution is -0.384. The molecule has 0 atom stereocenters. The third-order valence-electron chi connectivity index (χ3n) is 4.76. The van der Waals surface area contributed by atoms with Gasteiger partial charge in [0, 0.05) is 30.1 Å². The van der Waals surface area contributed by atoms with Crippen molar-refractivity contribution in [3.8, 4) is 0 Å². The van der Waals surface area contributed by atoms with Crippen molar-refractivity contribution in [2.75, 3.05) is 24.1 Å². The van der Waals surface area contributed by atoms with E-state index in [-0.39, 0.29) is 27.2 Å². The number of benzene rings is 2. The molecule has 0 unspecified atom stereocenters. The second kappa shape index (κ2) is 9.23. The molecule has 0 radical (unpaired) electrons. The van der Waals surface area contributed by atoms with Crippen molar-refractivity contribution in [2.24, 2.45) is 0 Å². The molecule has 2 aromatic carbocycles. The van der Waals surface area contributed by atoms with Gasteiger partial charge in [-0.3, -0.25) is 19.6 Å². The number of halogens is 1. The number of nitrogens with one attached hydrogen (secondary N) is 1. The van der Waals surface area contributed by atoms with Gasteiger partial charge < -0.3 is 4.90 Å². The monoisotopic (exact) mass is 469 g/mol. The van der Waals surface area contributed by atoms with Gasteiger partial charge in [0.25, 0.3) is 21.6 Å². The molecule has 1 aliphatic heterocycles. The SMILES string of the molecule is CSc1ccc(S(=O)(=O)Nc2cc([N+](=O)[O-])ccc2Cl)cc1C(=O)N1CCCCC1. The molecule has 1 heterocycles. The highest BCUT2D eigenvalue weighted by Crippen LogP contribution is 2.31. The minimum absolute atomic E-state index is 0.0227. The number of nitro groups is 1. The highest BCUT2D eigenvalue weighted by molar-refractivity contribution is 7.98. The third-order valence-corrected chi connectivity index (χ3v) is 7.25. The molecule has 1 fully saturated rings. The van der Waals surface area contributed by atoms with Crippen LogP contribution in [0.3, 0.4) is 0 Å². The second-order valence-electron chi connectivity index (χ2n) is 6.74. The fraction of sp³-hybridized carbons (Fsp3) is 0.316. The maximum atomic E-state index is 13.0. The fourth-order valence-electron chi connectivity index (χ4n) is 3.20. The lowest BCUT2D eigenvalue weighted by atomic mass is 10.1. The molecule has 2 aromatic rings. The average Bonchev–Trinajstić information content (AvgIpc) is 2.74. The fourth-order valence-corrected chi connectivity index (χ4v) is 5.08. The highest BCUT2D eigenvalue weighted by atomic mass is 35.5. The van der Waals surface area contributed by atoms with Crippen LogP contribution in [0.5, 0.6) is 0 Å². The number of nitrogens with zero attached hydrogens (tertiary/aromatic N) is 2. The minimum atomic E-state index is -4.13. The number of non-ortho nitro benzene ring substituents is 1. The zero-order valence-corrected chi connectivity index (χ0v) is 18.5. The van der Waals surface area contributed by atoms with E-state index in [0.29, 0.717) is 23.5 Å². The van der Waals surface area contributed by atoms with E-state index in [1.54, 1.807) is 11.0 Å². The average molecular weight is 470 g/mol. The zero-order chi connectivity index (χ0) is 21.9. The Labute approximate surface area is 183 Å². The van der Waals surface area contributed by atoms with Gasteiger partial charge in [-0.2, -0.15) is 0 Å². The van der Waals surface area contributed by atoms with Gasteiger partial charge in [-0.25, -0.2) is 8.42 Å². The molecule has 160 valence electrons. The molecule has 0 aromatic heterocycles. The molecule has 1 N–H and O–H groups in total. The van der Waals surface area contributed by atoms with Crippen LogP contribution in [0.4, 0.5) is 11.4 Å². The number of amides is 1. The predicted molar refractivity (Wildman–Crippen MR) is 117 cm³/mol. The van der Waals surface area contributed by atoms with E-state index in [1.807, 2.05) is 6.26 Å². The molecule has 3 rings (SSSR count). The van der Waals surface area contributed by atoms with Gasteiger partial charge in [-0.05, 0) is 49.8 Å². The summed E-state index contributed by atoms with van der Waals surface area (Å²) in [5, 5.41) is 11.0. The van der Waals surface area contributed by atoms with Crippen LogP contribution in [0.2, 0.25) is 5.02 Å². The molecule has 11 heteroatoms. The number of piperidine rings is 1. The lowest BCUT2D eigenvalue weighted by Crippen LogP contribution is -2.36. The van der Waals surface area contributed by atoms with E-state index >= 15 is 0 Å². The van der Waals surface area contributed by atoms with Crippen molar-refractivity contribution in [1.82, 2.24) is 4.90 Å². The van der Waals surface area contributed by atoms with Crippen LogP contribution in [0.25, 0.3) is 0 Å². The Kier molecular flexibility index (Phi) is 6.89. The molecule has 0 aliphatic carbocycles. The van der Waals surface area contributed by atoms with E-state index in [2.05, 4.69) is 4.72 Å². The summed E-state index contributed by atoms with van der Waals surface area (Å²) in [6.07, 6.45) is 4.73. The van der Waals surface area contributed by atoms with Crippen LogP contribution in [-0.4, -0.2) is 43.5 Å². The van der Waals surface area contributed by atoms with Gasteiger partial charge in [0.1, 0.15) is 0 Å². The number of hydrogen-bond acceptors (Lipinski definition) is 6. The molecular weight excluding hydrogens is 450 g/mol. The first-order chi connectivity index (χ1) is 14.2. The molecule has 1 saturated heterocycles. The van der Waals surface area contributed by atoms with Crippen molar-refractivity contribution >= 4 is 50.7 Å². The van der Waals surface area contributed by atoms with Crippen molar-refractivity contribution in [2.45, 2.75) is 29.1 Å². The highest BCUT2D eigenvalue weighted by Gasteiger charge is 2.24. The molecule has 0 bridgehead atoms. The zero-order valence-electron chi connectivity index (χ0n) is 16.1. The maximum absolute atomic E-state index is 13.0.